The Hall–Kier alpha value is -2.05. The molecule has 1 heterocycles. The fourth-order valence-corrected chi connectivity index (χ4v) is 2.72. The first-order chi connectivity index (χ1) is 11.0. The van der Waals surface area contributed by atoms with E-state index < -0.39 is 35.8 Å². The standard InChI is InChI=1S/C17H27NO6/c1-7-8-13-9-15(23-12(3)20)14(10-22-11(2)19)18(13)16(21)24-17(4,5)6/h7,13-15H,1,8-10H2,2-6H3. The van der Waals surface area contributed by atoms with Crippen molar-refractivity contribution in [3.63, 3.8) is 0 Å². The van der Waals surface area contributed by atoms with Crippen LogP contribution >= 0.6 is 0 Å². The lowest BCUT2D eigenvalue weighted by molar-refractivity contribution is -0.150. The highest BCUT2D eigenvalue weighted by Crippen LogP contribution is 2.31. The number of esters is 2. The molecular formula is C17H27NO6. The summed E-state index contributed by atoms with van der Waals surface area (Å²) < 4.78 is 15.9. The lowest BCUT2D eigenvalue weighted by Crippen LogP contribution is -2.48. The highest BCUT2D eigenvalue weighted by Gasteiger charge is 2.47. The molecule has 1 aliphatic heterocycles. The van der Waals surface area contributed by atoms with E-state index in [4.69, 9.17) is 14.2 Å². The predicted octanol–water partition coefficient (Wildman–Crippen LogP) is 2.44. The van der Waals surface area contributed by atoms with E-state index in [0.717, 1.165) is 0 Å². The fourth-order valence-electron chi connectivity index (χ4n) is 2.72. The molecule has 3 unspecified atom stereocenters. The number of amides is 1. The van der Waals surface area contributed by atoms with E-state index >= 15 is 0 Å². The molecule has 0 bridgehead atoms. The number of carbonyl (C=O) groups excluding carboxylic acids is 3. The third kappa shape index (κ3) is 5.86. The van der Waals surface area contributed by atoms with Gasteiger partial charge in [0.05, 0.1) is 0 Å². The first-order valence-corrected chi connectivity index (χ1v) is 7.98. The largest absolute Gasteiger partial charge is 0.464 e. The lowest BCUT2D eigenvalue weighted by Gasteiger charge is -2.32. The topological polar surface area (TPSA) is 82.1 Å². The smallest absolute Gasteiger partial charge is 0.411 e. The zero-order valence-corrected chi connectivity index (χ0v) is 15.0. The molecule has 0 aromatic heterocycles. The van der Waals surface area contributed by atoms with Crippen molar-refractivity contribution in [1.29, 1.82) is 0 Å². The van der Waals surface area contributed by atoms with Crippen LogP contribution in [0.5, 0.6) is 0 Å². The number of nitrogens with zero attached hydrogens (tertiary/aromatic N) is 1. The Balaban J connectivity index is 3.06. The molecule has 7 nitrogen and oxygen atoms in total. The number of ether oxygens (including phenoxy) is 3. The summed E-state index contributed by atoms with van der Waals surface area (Å²) in [7, 11) is 0. The highest BCUT2D eigenvalue weighted by molar-refractivity contribution is 5.71. The molecular weight excluding hydrogens is 314 g/mol. The Morgan fingerprint density at radius 2 is 1.83 bits per heavy atom. The minimum absolute atomic E-state index is 0.0554. The number of hydrogen-bond donors (Lipinski definition) is 0. The second kappa shape index (κ2) is 8.17. The van der Waals surface area contributed by atoms with Crippen LogP contribution in [0.2, 0.25) is 0 Å². The summed E-state index contributed by atoms with van der Waals surface area (Å²) in [5.41, 5.74) is -0.665. The summed E-state index contributed by atoms with van der Waals surface area (Å²) in [5, 5.41) is 0. The second-order valence-electron chi connectivity index (χ2n) is 6.82. The molecule has 136 valence electrons. The predicted molar refractivity (Wildman–Crippen MR) is 87.3 cm³/mol. The lowest BCUT2D eigenvalue weighted by atomic mass is 10.1. The second-order valence-corrected chi connectivity index (χ2v) is 6.82. The molecule has 0 aromatic carbocycles. The van der Waals surface area contributed by atoms with Crippen LogP contribution in [0.15, 0.2) is 12.7 Å². The van der Waals surface area contributed by atoms with E-state index in [2.05, 4.69) is 6.58 Å². The summed E-state index contributed by atoms with van der Waals surface area (Å²) in [6.07, 6.45) is 1.58. The van der Waals surface area contributed by atoms with Crippen molar-refractivity contribution < 1.29 is 28.6 Å². The highest BCUT2D eigenvalue weighted by atomic mass is 16.6. The Morgan fingerprint density at radius 1 is 1.21 bits per heavy atom. The molecule has 24 heavy (non-hydrogen) atoms. The van der Waals surface area contributed by atoms with Gasteiger partial charge in [-0.05, 0) is 27.2 Å². The van der Waals surface area contributed by atoms with Crippen LogP contribution in [-0.2, 0) is 23.8 Å². The van der Waals surface area contributed by atoms with Gasteiger partial charge in [0.25, 0.3) is 0 Å². The van der Waals surface area contributed by atoms with E-state index in [9.17, 15) is 14.4 Å². The number of carbonyl (C=O) groups is 3. The van der Waals surface area contributed by atoms with Crippen LogP contribution in [-0.4, -0.2) is 53.3 Å². The molecule has 1 aliphatic rings. The van der Waals surface area contributed by atoms with Gasteiger partial charge >= 0.3 is 18.0 Å². The van der Waals surface area contributed by atoms with Gasteiger partial charge in [-0.25, -0.2) is 4.79 Å². The monoisotopic (exact) mass is 341 g/mol. The number of likely N-dealkylation sites (tertiary alicyclic amines) is 1. The SMILES string of the molecule is C=CCC1CC(OC(C)=O)C(COC(C)=O)N1C(=O)OC(C)(C)C. The van der Waals surface area contributed by atoms with Gasteiger partial charge in [-0.1, -0.05) is 6.08 Å². The van der Waals surface area contributed by atoms with Gasteiger partial charge in [-0.3, -0.25) is 14.5 Å². The molecule has 1 saturated heterocycles. The van der Waals surface area contributed by atoms with Crippen LogP contribution in [0.3, 0.4) is 0 Å². The van der Waals surface area contributed by atoms with E-state index in [0.29, 0.717) is 12.8 Å². The van der Waals surface area contributed by atoms with Crippen molar-refractivity contribution in [3.8, 4) is 0 Å². The Labute approximate surface area is 142 Å². The van der Waals surface area contributed by atoms with Gasteiger partial charge < -0.3 is 14.2 Å². The molecule has 0 N–H and O–H groups in total. The summed E-state index contributed by atoms with van der Waals surface area (Å²) >= 11 is 0. The molecule has 1 fully saturated rings. The van der Waals surface area contributed by atoms with Crippen molar-refractivity contribution in [1.82, 2.24) is 4.90 Å². The Bertz CT molecular complexity index is 496. The molecule has 0 aliphatic carbocycles. The molecule has 0 saturated carbocycles. The molecule has 0 aromatic rings. The maximum atomic E-state index is 12.6. The normalized spacial score (nSPS) is 23.5. The average molecular weight is 341 g/mol. The van der Waals surface area contributed by atoms with E-state index in [-0.39, 0.29) is 12.6 Å². The molecule has 3 atom stereocenters. The van der Waals surface area contributed by atoms with E-state index in [1.807, 2.05) is 0 Å². The Kier molecular flexibility index (Phi) is 6.81. The van der Waals surface area contributed by atoms with Crippen molar-refractivity contribution in [2.24, 2.45) is 0 Å². The maximum absolute atomic E-state index is 12.6. The zero-order chi connectivity index (χ0) is 18.5. The third-order valence-corrected chi connectivity index (χ3v) is 3.50. The van der Waals surface area contributed by atoms with Crippen molar-refractivity contribution in [2.45, 2.75) is 71.2 Å². The van der Waals surface area contributed by atoms with Crippen molar-refractivity contribution >= 4 is 18.0 Å². The van der Waals surface area contributed by atoms with E-state index in [1.54, 1.807) is 26.8 Å². The number of hydrogen-bond acceptors (Lipinski definition) is 6. The minimum Gasteiger partial charge on any atom is -0.464 e. The summed E-state index contributed by atoms with van der Waals surface area (Å²) in [6.45, 7) is 11.6. The molecule has 0 radical (unpaired) electrons. The minimum atomic E-state index is -0.665. The van der Waals surface area contributed by atoms with Gasteiger partial charge in [-0.2, -0.15) is 0 Å². The van der Waals surface area contributed by atoms with Crippen molar-refractivity contribution in [3.05, 3.63) is 12.7 Å². The maximum Gasteiger partial charge on any atom is 0.411 e. The first kappa shape index (κ1) is 20.0. The average Bonchev–Trinajstić information content (AvgIpc) is 2.71. The van der Waals surface area contributed by atoms with Crippen molar-refractivity contribution in [2.75, 3.05) is 6.61 Å². The molecule has 7 heteroatoms. The van der Waals surface area contributed by atoms with Gasteiger partial charge in [0, 0.05) is 26.3 Å². The zero-order valence-electron chi connectivity index (χ0n) is 15.0. The van der Waals surface area contributed by atoms with Gasteiger partial charge in [0.1, 0.15) is 24.4 Å². The fraction of sp³-hybridized carbons (Fsp3) is 0.706. The van der Waals surface area contributed by atoms with Crippen LogP contribution < -0.4 is 0 Å². The van der Waals surface area contributed by atoms with Crippen LogP contribution in [0.25, 0.3) is 0 Å². The summed E-state index contributed by atoms with van der Waals surface area (Å²) in [5.74, 6) is -0.913. The Morgan fingerprint density at radius 3 is 2.29 bits per heavy atom. The first-order valence-electron chi connectivity index (χ1n) is 7.98. The van der Waals surface area contributed by atoms with Gasteiger partial charge in [0.2, 0.25) is 0 Å². The summed E-state index contributed by atoms with van der Waals surface area (Å²) in [4.78, 5) is 36.7. The molecule has 1 amide bonds. The molecule has 0 spiro atoms. The number of rotatable bonds is 5. The van der Waals surface area contributed by atoms with Crippen LogP contribution in [0, 0.1) is 0 Å². The quantitative estimate of drug-likeness (QED) is 0.434. The van der Waals surface area contributed by atoms with Crippen LogP contribution in [0.4, 0.5) is 4.79 Å². The van der Waals surface area contributed by atoms with E-state index in [1.165, 1.54) is 18.7 Å². The third-order valence-electron chi connectivity index (χ3n) is 3.50. The van der Waals surface area contributed by atoms with Crippen LogP contribution in [0.1, 0.15) is 47.5 Å². The summed E-state index contributed by atoms with van der Waals surface area (Å²) in [6, 6.07) is -0.820. The molecule has 1 rings (SSSR count). The van der Waals surface area contributed by atoms with Gasteiger partial charge in [0.15, 0.2) is 0 Å². The van der Waals surface area contributed by atoms with Gasteiger partial charge in [-0.15, -0.1) is 6.58 Å².